The third-order valence-electron chi connectivity index (χ3n) is 2.93. The number of methoxy groups -OCH3 is 1. The van der Waals surface area contributed by atoms with Crippen molar-refractivity contribution in [2.75, 3.05) is 32.2 Å². The molecule has 0 amide bonds. The van der Waals surface area contributed by atoms with Crippen molar-refractivity contribution in [1.82, 2.24) is 9.55 Å². The molecular formula is C12H21N3O2. The lowest BCUT2D eigenvalue weighted by atomic mass is 10.1. The molecule has 0 spiro atoms. The molecule has 17 heavy (non-hydrogen) atoms. The zero-order valence-electron chi connectivity index (χ0n) is 10.6. The Balaban J connectivity index is 1.97. The van der Waals surface area contributed by atoms with E-state index in [0.717, 1.165) is 44.2 Å². The number of hydrogen-bond donors (Lipinski definition) is 1. The van der Waals surface area contributed by atoms with E-state index in [1.807, 2.05) is 13.1 Å². The molecule has 2 heterocycles. The van der Waals surface area contributed by atoms with Gasteiger partial charge in [0.2, 0.25) is 5.95 Å². The lowest BCUT2D eigenvalue weighted by Gasteiger charge is -2.23. The molecule has 1 N–H and O–H groups in total. The molecule has 0 bridgehead atoms. The van der Waals surface area contributed by atoms with E-state index in [4.69, 9.17) is 9.47 Å². The monoisotopic (exact) mass is 239 g/mol. The summed E-state index contributed by atoms with van der Waals surface area (Å²) < 4.78 is 12.7. The van der Waals surface area contributed by atoms with Gasteiger partial charge in [-0.2, -0.15) is 0 Å². The van der Waals surface area contributed by atoms with Gasteiger partial charge in [0.15, 0.2) is 0 Å². The van der Waals surface area contributed by atoms with Crippen molar-refractivity contribution >= 4 is 5.95 Å². The number of ether oxygens (including phenoxy) is 2. The van der Waals surface area contributed by atoms with E-state index >= 15 is 0 Å². The summed E-state index contributed by atoms with van der Waals surface area (Å²) >= 11 is 0. The molecule has 1 unspecified atom stereocenters. The Morgan fingerprint density at radius 2 is 2.53 bits per heavy atom. The minimum absolute atomic E-state index is 0.381. The summed E-state index contributed by atoms with van der Waals surface area (Å²) in [4.78, 5) is 4.50. The van der Waals surface area contributed by atoms with Gasteiger partial charge in [0.05, 0.1) is 24.9 Å². The Kier molecular flexibility index (Phi) is 4.39. The number of hydrogen-bond acceptors (Lipinski definition) is 4. The molecule has 1 atom stereocenters. The fraction of sp³-hybridized carbons (Fsp3) is 0.750. The van der Waals surface area contributed by atoms with Gasteiger partial charge in [0.1, 0.15) is 0 Å². The molecule has 0 saturated carbocycles. The lowest BCUT2D eigenvalue weighted by Crippen LogP contribution is -2.31. The summed E-state index contributed by atoms with van der Waals surface area (Å²) in [6, 6.07) is 0.381. The van der Waals surface area contributed by atoms with Crippen molar-refractivity contribution in [3.63, 3.8) is 0 Å². The van der Waals surface area contributed by atoms with E-state index in [-0.39, 0.29) is 0 Å². The van der Waals surface area contributed by atoms with Crippen LogP contribution in [0, 0.1) is 6.92 Å². The molecule has 96 valence electrons. The summed E-state index contributed by atoms with van der Waals surface area (Å²) in [6.07, 6.45) is 4.32. The van der Waals surface area contributed by atoms with Crippen molar-refractivity contribution < 1.29 is 9.47 Å². The zero-order chi connectivity index (χ0) is 12.1. The predicted molar refractivity (Wildman–Crippen MR) is 66.3 cm³/mol. The summed E-state index contributed by atoms with van der Waals surface area (Å²) in [5.74, 6) is 0.926. The minimum Gasteiger partial charge on any atom is -0.383 e. The van der Waals surface area contributed by atoms with Gasteiger partial charge < -0.3 is 19.4 Å². The van der Waals surface area contributed by atoms with Crippen LogP contribution in [0.25, 0.3) is 0 Å². The number of nitrogens with zero attached hydrogens (tertiary/aromatic N) is 2. The Bertz CT molecular complexity index is 346. The maximum atomic E-state index is 5.46. The second-order valence-electron chi connectivity index (χ2n) is 4.45. The van der Waals surface area contributed by atoms with Crippen LogP contribution >= 0.6 is 0 Å². The number of anilines is 1. The quantitative estimate of drug-likeness (QED) is 0.844. The van der Waals surface area contributed by atoms with Crippen LogP contribution in [0.2, 0.25) is 0 Å². The first-order valence-electron chi connectivity index (χ1n) is 6.16. The fourth-order valence-electron chi connectivity index (χ4n) is 2.06. The second kappa shape index (κ2) is 6.02. The molecule has 1 aromatic rings. The molecule has 0 radical (unpaired) electrons. The summed E-state index contributed by atoms with van der Waals surface area (Å²) in [6.45, 7) is 5.19. The number of imidazole rings is 1. The Morgan fingerprint density at radius 3 is 3.24 bits per heavy atom. The van der Waals surface area contributed by atoms with Crippen LogP contribution in [-0.4, -0.2) is 42.5 Å². The summed E-state index contributed by atoms with van der Waals surface area (Å²) in [5, 5.41) is 3.45. The van der Waals surface area contributed by atoms with Crippen molar-refractivity contribution in [3.8, 4) is 0 Å². The molecular weight excluding hydrogens is 218 g/mol. The molecule has 5 heteroatoms. The number of aromatic nitrogens is 2. The molecule has 1 aliphatic rings. The summed E-state index contributed by atoms with van der Waals surface area (Å²) in [5.41, 5.74) is 1.03. The number of rotatable bonds is 5. The highest BCUT2D eigenvalue weighted by atomic mass is 16.5. The maximum Gasteiger partial charge on any atom is 0.203 e. The average molecular weight is 239 g/mol. The van der Waals surface area contributed by atoms with Gasteiger partial charge in [0.25, 0.3) is 0 Å². The van der Waals surface area contributed by atoms with Gasteiger partial charge >= 0.3 is 0 Å². The number of aryl methyl sites for hydroxylation is 1. The average Bonchev–Trinajstić information content (AvgIpc) is 2.68. The predicted octanol–water partition coefficient (Wildman–Crippen LogP) is 1.43. The van der Waals surface area contributed by atoms with Gasteiger partial charge in [0, 0.05) is 26.5 Å². The standard InChI is InChI=1S/C12H21N3O2/c1-10-8-15(5-7-16-2)12(13-10)14-11-4-3-6-17-9-11/h8,11H,3-7,9H2,1-2H3,(H,13,14). The van der Waals surface area contributed by atoms with Crippen molar-refractivity contribution in [1.29, 1.82) is 0 Å². The van der Waals surface area contributed by atoms with Crippen LogP contribution in [0.5, 0.6) is 0 Å². The van der Waals surface area contributed by atoms with Crippen LogP contribution in [0.1, 0.15) is 18.5 Å². The van der Waals surface area contributed by atoms with Gasteiger partial charge in [-0.3, -0.25) is 0 Å². The number of nitrogens with one attached hydrogen (secondary N) is 1. The van der Waals surface area contributed by atoms with Crippen LogP contribution in [0.15, 0.2) is 6.20 Å². The van der Waals surface area contributed by atoms with Crippen LogP contribution in [0.3, 0.4) is 0 Å². The van der Waals surface area contributed by atoms with E-state index in [0.29, 0.717) is 12.6 Å². The van der Waals surface area contributed by atoms with E-state index in [9.17, 15) is 0 Å². The molecule has 0 aromatic carbocycles. The smallest absolute Gasteiger partial charge is 0.203 e. The van der Waals surface area contributed by atoms with Gasteiger partial charge in [-0.1, -0.05) is 0 Å². The first-order chi connectivity index (χ1) is 8.29. The first kappa shape index (κ1) is 12.4. The maximum absolute atomic E-state index is 5.46. The largest absolute Gasteiger partial charge is 0.383 e. The topological polar surface area (TPSA) is 48.3 Å². The summed E-state index contributed by atoms with van der Waals surface area (Å²) in [7, 11) is 1.71. The highest BCUT2D eigenvalue weighted by Gasteiger charge is 2.16. The second-order valence-corrected chi connectivity index (χ2v) is 4.45. The van der Waals surface area contributed by atoms with Crippen LogP contribution < -0.4 is 5.32 Å². The molecule has 1 fully saturated rings. The lowest BCUT2D eigenvalue weighted by molar-refractivity contribution is 0.0872. The zero-order valence-corrected chi connectivity index (χ0v) is 10.6. The van der Waals surface area contributed by atoms with Crippen LogP contribution in [0.4, 0.5) is 5.95 Å². The van der Waals surface area contributed by atoms with Crippen molar-refractivity contribution in [2.45, 2.75) is 32.4 Å². The van der Waals surface area contributed by atoms with E-state index in [1.165, 1.54) is 0 Å². The van der Waals surface area contributed by atoms with E-state index in [2.05, 4.69) is 14.9 Å². The highest BCUT2D eigenvalue weighted by Crippen LogP contribution is 2.14. The van der Waals surface area contributed by atoms with Gasteiger partial charge in [-0.05, 0) is 19.8 Å². The molecule has 0 aliphatic carbocycles. The Hall–Kier alpha value is -1.07. The van der Waals surface area contributed by atoms with Crippen molar-refractivity contribution in [3.05, 3.63) is 11.9 Å². The van der Waals surface area contributed by atoms with E-state index in [1.54, 1.807) is 7.11 Å². The fourth-order valence-corrected chi connectivity index (χ4v) is 2.06. The highest BCUT2D eigenvalue weighted by molar-refractivity contribution is 5.30. The third-order valence-corrected chi connectivity index (χ3v) is 2.93. The SMILES string of the molecule is COCCn1cc(C)nc1NC1CCCOC1. The first-order valence-corrected chi connectivity index (χ1v) is 6.16. The van der Waals surface area contributed by atoms with Crippen LogP contribution in [-0.2, 0) is 16.0 Å². The van der Waals surface area contributed by atoms with E-state index < -0.39 is 0 Å². The third kappa shape index (κ3) is 3.44. The molecule has 1 aliphatic heterocycles. The Morgan fingerprint density at radius 1 is 1.65 bits per heavy atom. The molecule has 2 rings (SSSR count). The van der Waals surface area contributed by atoms with Gasteiger partial charge in [-0.25, -0.2) is 4.98 Å². The normalized spacial score (nSPS) is 20.5. The molecule has 1 aromatic heterocycles. The minimum atomic E-state index is 0.381. The Labute approximate surface area is 102 Å². The molecule has 5 nitrogen and oxygen atoms in total. The van der Waals surface area contributed by atoms with Crippen molar-refractivity contribution in [2.24, 2.45) is 0 Å². The molecule has 1 saturated heterocycles. The van der Waals surface area contributed by atoms with Gasteiger partial charge in [-0.15, -0.1) is 0 Å².